The van der Waals surface area contributed by atoms with E-state index in [1.54, 1.807) is 28.0 Å². The van der Waals surface area contributed by atoms with Gasteiger partial charge < -0.3 is 15.4 Å². The van der Waals surface area contributed by atoms with Gasteiger partial charge in [-0.25, -0.2) is 9.59 Å². The first-order valence-corrected chi connectivity index (χ1v) is 27.9. The summed E-state index contributed by atoms with van der Waals surface area (Å²) in [5.74, 6) is 0.748. The molecule has 0 aromatic heterocycles. The van der Waals surface area contributed by atoms with Crippen LogP contribution in [0, 0.1) is 6.92 Å². The number of rotatable bonds is 14. The van der Waals surface area contributed by atoms with Crippen LogP contribution in [0.5, 0.6) is 11.5 Å². The highest BCUT2D eigenvalue weighted by Gasteiger charge is 2.59. The molecular weight excluding hydrogens is 988 g/mol. The predicted molar refractivity (Wildman–Crippen MR) is 306 cm³/mol. The van der Waals surface area contributed by atoms with Crippen molar-refractivity contribution in [1.82, 2.24) is 9.80 Å². The van der Waals surface area contributed by atoms with Gasteiger partial charge in [0.05, 0.1) is 5.69 Å². The third kappa shape index (κ3) is 11.5. The monoisotopic (exact) mass is 1060 g/mol. The second-order valence-corrected chi connectivity index (χ2v) is 22.8. The van der Waals surface area contributed by atoms with E-state index in [2.05, 4.69) is 66.0 Å². The third-order valence-corrected chi connectivity index (χ3v) is 16.1. The maximum absolute atomic E-state index is 14.0. The van der Waals surface area contributed by atoms with E-state index < -0.39 is 23.1 Å². The van der Waals surface area contributed by atoms with Gasteiger partial charge in [-0.2, -0.15) is 0 Å². The molecule has 0 bridgehead atoms. The molecule has 2 spiro atoms. The number of anilines is 4. The Balaban J connectivity index is 0.000000205. The zero-order valence-corrected chi connectivity index (χ0v) is 47.0. The zero-order chi connectivity index (χ0) is 55.3. The molecule has 2 saturated heterocycles. The van der Waals surface area contributed by atoms with Gasteiger partial charge in [-0.15, -0.1) is 0 Å². The largest absolute Gasteiger partial charge is 0.457 e. The molecule has 406 valence electrons. The number of amides is 8. The number of hydrogen-bond acceptors (Lipinski definition) is 7. The number of urea groups is 2. The van der Waals surface area contributed by atoms with Crippen LogP contribution < -0.4 is 25.2 Å². The Morgan fingerprint density at radius 1 is 0.506 bits per heavy atom. The van der Waals surface area contributed by atoms with Crippen molar-refractivity contribution in [3.05, 3.63) is 142 Å². The molecule has 77 heavy (non-hydrogen) atoms. The van der Waals surface area contributed by atoms with Gasteiger partial charge in [0.15, 0.2) is 0 Å². The molecule has 2 heterocycles. The molecular formula is C63H75ClN6O7. The lowest BCUT2D eigenvalue weighted by molar-refractivity contribution is -0.134. The van der Waals surface area contributed by atoms with Crippen molar-refractivity contribution in [1.29, 1.82) is 0 Å². The van der Waals surface area contributed by atoms with Gasteiger partial charge in [0.2, 0.25) is 11.8 Å². The van der Waals surface area contributed by atoms with E-state index in [4.69, 9.17) is 16.3 Å². The quantitative estimate of drug-likeness (QED) is 0.105. The van der Waals surface area contributed by atoms with Crippen LogP contribution in [0.15, 0.2) is 109 Å². The number of halogens is 1. The summed E-state index contributed by atoms with van der Waals surface area (Å²) >= 11 is 6.24. The first-order valence-electron chi connectivity index (χ1n) is 27.5. The Bertz CT molecular complexity index is 2960. The number of nitrogens with one attached hydrogen (secondary N) is 2. The van der Waals surface area contributed by atoms with Gasteiger partial charge >= 0.3 is 12.1 Å². The van der Waals surface area contributed by atoms with Crippen LogP contribution >= 0.6 is 11.6 Å². The Kier molecular flexibility index (Phi) is 17.3. The number of hydrogen-bond donors (Lipinski definition) is 2. The maximum Gasteiger partial charge on any atom is 0.332 e. The summed E-state index contributed by atoms with van der Waals surface area (Å²) < 4.78 is 6.03. The van der Waals surface area contributed by atoms with Gasteiger partial charge in [-0.3, -0.25) is 38.8 Å². The van der Waals surface area contributed by atoms with Crippen LogP contribution in [-0.2, 0) is 19.2 Å². The molecule has 5 aromatic carbocycles. The van der Waals surface area contributed by atoms with Crippen molar-refractivity contribution in [3.8, 4) is 11.5 Å². The maximum atomic E-state index is 14.0. The van der Waals surface area contributed by atoms with E-state index in [1.807, 2.05) is 97.9 Å². The van der Waals surface area contributed by atoms with Gasteiger partial charge in [0.25, 0.3) is 11.8 Å². The van der Waals surface area contributed by atoms with Crippen molar-refractivity contribution in [2.75, 3.05) is 33.5 Å². The smallest absolute Gasteiger partial charge is 0.332 e. The minimum absolute atomic E-state index is 0.199. The van der Waals surface area contributed by atoms with E-state index in [9.17, 15) is 28.8 Å². The van der Waals surface area contributed by atoms with Crippen molar-refractivity contribution in [2.45, 2.75) is 161 Å². The number of para-hydroxylation sites is 3. The highest BCUT2D eigenvalue weighted by molar-refractivity contribution is 6.31. The number of aryl methyl sites for hydroxylation is 1. The second-order valence-electron chi connectivity index (χ2n) is 22.4. The average Bonchev–Trinajstić information content (AvgIpc) is 3.75. The molecule has 14 heteroatoms. The van der Waals surface area contributed by atoms with Crippen molar-refractivity contribution < 1.29 is 33.5 Å². The van der Waals surface area contributed by atoms with Crippen LogP contribution in [0.3, 0.4) is 0 Å². The number of nitrogens with zero attached hydrogens (tertiary/aromatic N) is 4. The molecule has 4 aliphatic rings. The average molecular weight is 1060 g/mol. The summed E-state index contributed by atoms with van der Waals surface area (Å²) in [7, 11) is 0. The molecule has 2 N–H and O–H groups in total. The van der Waals surface area contributed by atoms with Crippen LogP contribution in [0.4, 0.5) is 32.3 Å². The molecule has 0 atom stereocenters. The predicted octanol–water partition coefficient (Wildman–Crippen LogP) is 14.8. The highest BCUT2D eigenvalue weighted by atomic mass is 35.5. The zero-order valence-electron chi connectivity index (χ0n) is 46.2. The standard InChI is InChI=1S/C34H39N3O4.C29H36ClN3O3/c1-23(2)28-17-12-18-29(24(3)4)31(28)35-30(38)22-36-32(39)34(19-9-6-10-20-34)37(33(36)40)25-13-11-16-27(21-25)41-26-14-7-5-8-15-26;1-18(2)22-10-9-11-23(19(3)4)26(22)31-25(34)17-32-27(35)29(14-7-6-8-15-29)33(28(32)36)21-12-13-24(30)20(5)16-21/h5,7-8,11-18,21,23-24H,6,9-10,19-20,22H2,1-4H3,(H,35,38);9-13,16,18-19H,6-8,14-15,17H2,1-5H3,(H,31,34). The van der Waals surface area contributed by atoms with Crippen molar-refractivity contribution in [3.63, 3.8) is 0 Å². The molecule has 0 unspecified atom stereocenters. The summed E-state index contributed by atoms with van der Waals surface area (Å²) in [6.45, 7) is 17.9. The fourth-order valence-corrected chi connectivity index (χ4v) is 11.8. The minimum Gasteiger partial charge on any atom is -0.457 e. The Morgan fingerprint density at radius 2 is 0.896 bits per heavy atom. The van der Waals surface area contributed by atoms with Gasteiger partial charge in [-0.1, -0.05) is 166 Å². The lowest BCUT2D eigenvalue weighted by Crippen LogP contribution is -2.51. The Morgan fingerprint density at radius 3 is 1.30 bits per heavy atom. The number of imide groups is 2. The van der Waals surface area contributed by atoms with Gasteiger partial charge in [0.1, 0.15) is 35.7 Å². The topological polar surface area (TPSA) is 149 Å². The number of carbonyl (C=O) groups excluding carboxylic acids is 6. The Labute approximate surface area is 459 Å². The second kappa shape index (κ2) is 23.7. The van der Waals surface area contributed by atoms with E-state index in [-0.39, 0.29) is 60.4 Å². The first-order chi connectivity index (χ1) is 36.8. The molecule has 2 saturated carbocycles. The first kappa shape index (κ1) is 56.2. The van der Waals surface area contributed by atoms with Gasteiger partial charge in [-0.05, 0) is 127 Å². The van der Waals surface area contributed by atoms with E-state index in [0.29, 0.717) is 53.6 Å². The van der Waals surface area contributed by atoms with Crippen molar-refractivity contribution in [2.24, 2.45) is 0 Å². The summed E-state index contributed by atoms with van der Waals surface area (Å²) in [5.41, 5.74) is 5.82. The fraction of sp³-hybridized carbons (Fsp3) is 0.429. The minimum atomic E-state index is -1.00. The molecule has 0 radical (unpaired) electrons. The molecule has 5 aromatic rings. The number of benzene rings is 5. The molecule has 8 amide bonds. The van der Waals surface area contributed by atoms with Crippen molar-refractivity contribution >= 4 is 70.0 Å². The molecule has 4 fully saturated rings. The fourth-order valence-electron chi connectivity index (χ4n) is 11.7. The summed E-state index contributed by atoms with van der Waals surface area (Å²) in [4.78, 5) is 87.9. The number of ether oxygens (including phenoxy) is 1. The lowest BCUT2D eigenvalue weighted by Gasteiger charge is -2.38. The Hall–Kier alpha value is -6.99. The highest BCUT2D eigenvalue weighted by Crippen LogP contribution is 2.46. The van der Waals surface area contributed by atoms with Crippen LogP contribution in [0.1, 0.15) is 171 Å². The summed E-state index contributed by atoms with van der Waals surface area (Å²) in [6, 6.07) is 33.3. The van der Waals surface area contributed by atoms with Gasteiger partial charge in [0, 0.05) is 28.2 Å². The third-order valence-electron chi connectivity index (χ3n) is 15.7. The van der Waals surface area contributed by atoms with Crippen LogP contribution in [0.25, 0.3) is 0 Å². The molecule has 2 aliphatic carbocycles. The molecule has 2 aliphatic heterocycles. The van der Waals surface area contributed by atoms with E-state index in [0.717, 1.165) is 87.5 Å². The SMILES string of the molecule is CC(C)c1cccc(C(C)C)c1NC(=O)CN1C(=O)N(c2cccc(Oc3ccccc3)c2)C2(CCCCC2)C1=O.Cc1cc(N2C(=O)N(CC(=O)Nc3c(C(C)C)cccc3C(C)C)C(=O)C23CCCCC3)ccc1Cl. The van der Waals surface area contributed by atoms with Crippen LogP contribution in [-0.4, -0.2) is 69.7 Å². The number of carbonyl (C=O) groups is 6. The lowest BCUT2D eigenvalue weighted by atomic mass is 9.80. The molecule has 9 rings (SSSR count). The normalized spacial score (nSPS) is 17.1. The summed E-state index contributed by atoms with van der Waals surface area (Å²) in [5, 5.41) is 6.73. The van der Waals surface area contributed by atoms with E-state index in [1.165, 1.54) is 0 Å². The summed E-state index contributed by atoms with van der Waals surface area (Å²) in [6.07, 6.45) is 7.75. The molecule has 13 nitrogen and oxygen atoms in total. The van der Waals surface area contributed by atoms with Crippen LogP contribution in [0.2, 0.25) is 5.02 Å². The van der Waals surface area contributed by atoms with E-state index >= 15 is 0 Å².